The molecule has 1 fully saturated rings. The average Bonchev–Trinajstić information content (AvgIpc) is 2.67. The molecule has 1 aliphatic rings. The van der Waals surface area contributed by atoms with Crippen molar-refractivity contribution in [2.45, 2.75) is 31.3 Å². The highest BCUT2D eigenvalue weighted by atomic mass is 32.2. The van der Waals surface area contributed by atoms with E-state index in [1.807, 2.05) is 37.3 Å². The van der Waals surface area contributed by atoms with E-state index >= 15 is 0 Å². The number of piperazine rings is 1. The number of amides is 1. The molecule has 0 spiro atoms. The van der Waals surface area contributed by atoms with Gasteiger partial charge in [-0.05, 0) is 37.1 Å². The Morgan fingerprint density at radius 1 is 1.22 bits per heavy atom. The lowest BCUT2D eigenvalue weighted by atomic mass is 10.1. The number of sulfonamides is 1. The van der Waals surface area contributed by atoms with E-state index in [4.69, 9.17) is 0 Å². The normalized spacial score (nSPS) is 17.7. The van der Waals surface area contributed by atoms with Gasteiger partial charge in [0.15, 0.2) is 0 Å². The van der Waals surface area contributed by atoms with Crippen molar-refractivity contribution in [3.05, 3.63) is 65.2 Å². The van der Waals surface area contributed by atoms with Gasteiger partial charge in [-0.15, -0.1) is 0 Å². The summed E-state index contributed by atoms with van der Waals surface area (Å²) < 4.78 is 28.2. The maximum absolute atomic E-state index is 12.9. The molecule has 1 atom stereocenters. The van der Waals surface area contributed by atoms with Crippen LogP contribution in [0.15, 0.2) is 53.4 Å². The smallest absolute Gasteiger partial charge is 0.254 e. The Morgan fingerprint density at radius 2 is 1.96 bits per heavy atom. The van der Waals surface area contributed by atoms with Crippen molar-refractivity contribution in [1.29, 1.82) is 0 Å². The molecule has 144 valence electrons. The minimum absolute atomic E-state index is 0.0730. The summed E-state index contributed by atoms with van der Waals surface area (Å²) in [6.07, 6.45) is 0. The van der Waals surface area contributed by atoms with Gasteiger partial charge in [-0.2, -0.15) is 0 Å². The second kappa shape index (κ2) is 8.21. The van der Waals surface area contributed by atoms with E-state index in [-0.39, 0.29) is 23.4 Å². The van der Waals surface area contributed by atoms with Gasteiger partial charge < -0.3 is 10.2 Å². The van der Waals surface area contributed by atoms with Crippen LogP contribution in [-0.4, -0.2) is 44.9 Å². The molecule has 0 saturated carbocycles. The largest absolute Gasteiger partial charge is 0.333 e. The number of carbonyl (C=O) groups excluding carboxylic acids is 1. The predicted octanol–water partition coefficient (Wildman–Crippen LogP) is 1.91. The third-order valence-electron chi connectivity index (χ3n) is 4.80. The number of hydrogen-bond acceptors (Lipinski definition) is 4. The summed E-state index contributed by atoms with van der Waals surface area (Å²) in [5, 5.41) is 3.25. The van der Waals surface area contributed by atoms with E-state index in [0.29, 0.717) is 17.7 Å². The lowest BCUT2D eigenvalue weighted by Gasteiger charge is -2.34. The summed E-state index contributed by atoms with van der Waals surface area (Å²) in [5.41, 5.74) is 1.88. The van der Waals surface area contributed by atoms with Gasteiger partial charge >= 0.3 is 0 Å². The van der Waals surface area contributed by atoms with Crippen LogP contribution >= 0.6 is 0 Å². The van der Waals surface area contributed by atoms with Gasteiger partial charge in [0.2, 0.25) is 10.0 Å². The third-order valence-corrected chi connectivity index (χ3v) is 6.34. The van der Waals surface area contributed by atoms with Gasteiger partial charge in [0.25, 0.3) is 5.91 Å². The van der Waals surface area contributed by atoms with Gasteiger partial charge in [-0.25, -0.2) is 13.1 Å². The number of carbonyl (C=O) groups is 1. The van der Waals surface area contributed by atoms with Gasteiger partial charge in [-0.1, -0.05) is 36.4 Å². The highest BCUT2D eigenvalue weighted by Gasteiger charge is 2.26. The number of nitrogens with one attached hydrogen (secondary N) is 2. The molecule has 2 aromatic carbocycles. The van der Waals surface area contributed by atoms with Crippen molar-refractivity contribution in [2.75, 3.05) is 19.6 Å². The standard InChI is InChI=1S/C20H25N3O3S/c1-15-8-9-18(20(24)23-11-10-21-13-16(23)2)12-19(15)27(25,26)22-14-17-6-4-3-5-7-17/h3-9,12,16,21-22H,10-11,13-14H2,1-2H3. The summed E-state index contributed by atoms with van der Waals surface area (Å²) in [6, 6.07) is 14.3. The number of rotatable bonds is 5. The second-order valence-electron chi connectivity index (χ2n) is 6.84. The molecule has 3 rings (SSSR count). The average molecular weight is 388 g/mol. The molecular formula is C20H25N3O3S. The molecule has 0 aromatic heterocycles. The van der Waals surface area contributed by atoms with E-state index in [2.05, 4.69) is 10.0 Å². The van der Waals surface area contributed by atoms with E-state index in [0.717, 1.165) is 18.7 Å². The molecule has 2 aromatic rings. The maximum Gasteiger partial charge on any atom is 0.254 e. The molecule has 0 bridgehead atoms. The Labute approximate surface area is 160 Å². The van der Waals surface area contributed by atoms with E-state index < -0.39 is 10.0 Å². The highest BCUT2D eigenvalue weighted by Crippen LogP contribution is 2.20. The molecule has 0 aliphatic carbocycles. The summed E-state index contributed by atoms with van der Waals surface area (Å²) in [7, 11) is -3.72. The van der Waals surface area contributed by atoms with Crippen molar-refractivity contribution in [2.24, 2.45) is 0 Å². The summed E-state index contributed by atoms with van der Waals surface area (Å²) in [6.45, 7) is 6.01. The Hall–Kier alpha value is -2.22. The first kappa shape index (κ1) is 19.5. The Bertz CT molecular complexity index is 913. The first-order valence-electron chi connectivity index (χ1n) is 9.04. The topological polar surface area (TPSA) is 78.5 Å². The van der Waals surface area contributed by atoms with Crippen molar-refractivity contribution < 1.29 is 13.2 Å². The van der Waals surface area contributed by atoms with Gasteiger partial charge in [0.05, 0.1) is 4.90 Å². The first-order valence-corrected chi connectivity index (χ1v) is 10.5. The summed E-state index contributed by atoms with van der Waals surface area (Å²) >= 11 is 0. The van der Waals surface area contributed by atoms with Crippen LogP contribution in [0, 0.1) is 6.92 Å². The highest BCUT2D eigenvalue weighted by molar-refractivity contribution is 7.89. The fourth-order valence-corrected chi connectivity index (χ4v) is 4.47. The molecule has 6 nitrogen and oxygen atoms in total. The maximum atomic E-state index is 12.9. The fourth-order valence-electron chi connectivity index (χ4n) is 3.18. The summed E-state index contributed by atoms with van der Waals surface area (Å²) in [5.74, 6) is -0.136. The zero-order valence-electron chi connectivity index (χ0n) is 15.6. The van der Waals surface area contributed by atoms with Crippen LogP contribution < -0.4 is 10.0 Å². The minimum Gasteiger partial charge on any atom is -0.333 e. The van der Waals surface area contributed by atoms with Crippen molar-refractivity contribution in [1.82, 2.24) is 14.9 Å². The van der Waals surface area contributed by atoms with Gasteiger partial charge in [0.1, 0.15) is 0 Å². The quantitative estimate of drug-likeness (QED) is 0.822. The van der Waals surface area contributed by atoms with Crippen LogP contribution in [0.4, 0.5) is 0 Å². The van der Waals surface area contributed by atoms with E-state index in [1.165, 1.54) is 6.07 Å². The van der Waals surface area contributed by atoms with E-state index in [9.17, 15) is 13.2 Å². The van der Waals surface area contributed by atoms with Crippen LogP contribution in [0.5, 0.6) is 0 Å². The van der Waals surface area contributed by atoms with Crippen LogP contribution in [0.3, 0.4) is 0 Å². The Morgan fingerprint density at radius 3 is 2.67 bits per heavy atom. The SMILES string of the molecule is Cc1ccc(C(=O)N2CCNCC2C)cc1S(=O)(=O)NCc1ccccc1. The van der Waals surface area contributed by atoms with Crippen molar-refractivity contribution >= 4 is 15.9 Å². The lowest BCUT2D eigenvalue weighted by Crippen LogP contribution is -2.52. The van der Waals surface area contributed by atoms with Crippen LogP contribution in [0.1, 0.15) is 28.4 Å². The molecule has 2 N–H and O–H groups in total. The predicted molar refractivity (Wildman–Crippen MR) is 105 cm³/mol. The molecule has 1 amide bonds. The number of benzene rings is 2. The molecular weight excluding hydrogens is 362 g/mol. The third kappa shape index (κ3) is 4.55. The first-order chi connectivity index (χ1) is 12.9. The van der Waals surface area contributed by atoms with Crippen molar-refractivity contribution in [3.63, 3.8) is 0 Å². The summed E-state index contributed by atoms with van der Waals surface area (Å²) in [4.78, 5) is 14.8. The Balaban J connectivity index is 1.82. The van der Waals surface area contributed by atoms with Crippen molar-refractivity contribution in [3.8, 4) is 0 Å². The molecule has 1 aliphatic heterocycles. The molecule has 27 heavy (non-hydrogen) atoms. The number of aryl methyl sites for hydroxylation is 1. The monoisotopic (exact) mass is 387 g/mol. The minimum atomic E-state index is -3.72. The molecule has 1 saturated heterocycles. The van der Waals surface area contributed by atoms with Gasteiger partial charge in [0, 0.05) is 37.8 Å². The molecule has 1 heterocycles. The van der Waals surface area contributed by atoms with Crippen LogP contribution in [0.2, 0.25) is 0 Å². The molecule has 7 heteroatoms. The van der Waals surface area contributed by atoms with Crippen LogP contribution in [0.25, 0.3) is 0 Å². The number of hydrogen-bond donors (Lipinski definition) is 2. The zero-order valence-corrected chi connectivity index (χ0v) is 16.4. The molecule has 1 unspecified atom stereocenters. The van der Waals surface area contributed by atoms with E-state index in [1.54, 1.807) is 24.0 Å². The number of nitrogens with zero attached hydrogens (tertiary/aromatic N) is 1. The second-order valence-corrected chi connectivity index (χ2v) is 8.58. The van der Waals surface area contributed by atoms with Gasteiger partial charge in [-0.3, -0.25) is 4.79 Å². The fraction of sp³-hybridized carbons (Fsp3) is 0.350. The van der Waals surface area contributed by atoms with Crippen LogP contribution in [-0.2, 0) is 16.6 Å². The zero-order chi connectivity index (χ0) is 19.4. The lowest BCUT2D eigenvalue weighted by molar-refractivity contribution is 0.0655. The Kier molecular flexibility index (Phi) is 5.94. The molecule has 0 radical (unpaired) electrons.